The van der Waals surface area contributed by atoms with Crippen LogP contribution in [0.2, 0.25) is 0 Å². The fourth-order valence-electron chi connectivity index (χ4n) is 1.28. The lowest BCUT2D eigenvalue weighted by atomic mass is 10.00. The summed E-state index contributed by atoms with van der Waals surface area (Å²) in [4.78, 5) is 0. The van der Waals surface area contributed by atoms with Gasteiger partial charge in [0.15, 0.2) is 0 Å². The van der Waals surface area contributed by atoms with E-state index in [-0.39, 0.29) is 18.7 Å². The lowest BCUT2D eigenvalue weighted by Crippen LogP contribution is -2.44. The van der Waals surface area contributed by atoms with Gasteiger partial charge in [0.2, 0.25) is 0 Å². The first kappa shape index (κ1) is 13.1. The molecule has 1 aromatic rings. The van der Waals surface area contributed by atoms with Gasteiger partial charge in [0.25, 0.3) is 0 Å². The Hall–Kier alpha value is -1.00. The van der Waals surface area contributed by atoms with Crippen molar-refractivity contribution in [2.75, 3.05) is 6.61 Å². The molecule has 4 heteroatoms. The molecule has 0 fully saturated rings. The van der Waals surface area contributed by atoms with E-state index in [1.165, 1.54) is 0 Å². The molecule has 0 amide bonds. The molecule has 2 N–H and O–H groups in total. The van der Waals surface area contributed by atoms with Crippen LogP contribution in [0.3, 0.4) is 0 Å². The Balaban J connectivity index is 2.70. The first-order valence-corrected chi connectivity index (χ1v) is 5.30. The fraction of sp³-hybridized carbons (Fsp3) is 0.500. The molecule has 0 aromatic heterocycles. The van der Waals surface area contributed by atoms with E-state index in [1.807, 2.05) is 13.8 Å². The minimum absolute atomic E-state index is 0.0412. The van der Waals surface area contributed by atoms with Gasteiger partial charge in [-0.15, -0.1) is 0 Å². The van der Waals surface area contributed by atoms with Crippen LogP contribution < -0.4 is 5.32 Å². The quantitative estimate of drug-likeness (QED) is 0.811. The summed E-state index contributed by atoms with van der Waals surface area (Å²) in [6.07, 6.45) is 0.709. The van der Waals surface area contributed by atoms with Gasteiger partial charge in [-0.3, -0.25) is 0 Å². The maximum Gasteiger partial charge on any atom is 0.127 e. The van der Waals surface area contributed by atoms with E-state index in [9.17, 15) is 8.78 Å². The zero-order valence-corrected chi connectivity index (χ0v) is 9.56. The first-order valence-electron chi connectivity index (χ1n) is 5.30. The van der Waals surface area contributed by atoms with Gasteiger partial charge >= 0.3 is 0 Å². The molecule has 0 radical (unpaired) electrons. The van der Waals surface area contributed by atoms with Crippen LogP contribution in [-0.4, -0.2) is 17.3 Å². The smallest absolute Gasteiger partial charge is 0.127 e. The Kier molecular flexibility index (Phi) is 4.38. The average molecular weight is 229 g/mol. The molecule has 2 nitrogen and oxygen atoms in total. The summed E-state index contributed by atoms with van der Waals surface area (Å²) < 4.78 is 26.2. The van der Waals surface area contributed by atoms with Gasteiger partial charge < -0.3 is 10.4 Å². The molecule has 1 atom stereocenters. The second-order valence-corrected chi connectivity index (χ2v) is 4.16. The molecule has 0 bridgehead atoms. The van der Waals surface area contributed by atoms with E-state index in [4.69, 9.17) is 5.11 Å². The Morgan fingerprint density at radius 1 is 1.38 bits per heavy atom. The number of aliphatic hydroxyl groups excluding tert-OH is 1. The fourth-order valence-corrected chi connectivity index (χ4v) is 1.28. The number of benzene rings is 1. The van der Waals surface area contributed by atoms with Crippen molar-refractivity contribution in [2.45, 2.75) is 32.4 Å². The van der Waals surface area contributed by atoms with Crippen molar-refractivity contribution < 1.29 is 13.9 Å². The van der Waals surface area contributed by atoms with E-state index < -0.39 is 17.2 Å². The van der Waals surface area contributed by atoms with Gasteiger partial charge in [-0.2, -0.15) is 0 Å². The van der Waals surface area contributed by atoms with Crippen molar-refractivity contribution in [3.05, 3.63) is 35.4 Å². The highest BCUT2D eigenvalue weighted by Crippen LogP contribution is 2.13. The number of hydrogen-bond donors (Lipinski definition) is 2. The van der Waals surface area contributed by atoms with E-state index in [1.54, 1.807) is 0 Å². The van der Waals surface area contributed by atoms with Crippen LogP contribution in [-0.2, 0) is 6.54 Å². The third kappa shape index (κ3) is 3.25. The molecule has 1 unspecified atom stereocenters. The summed E-state index contributed by atoms with van der Waals surface area (Å²) in [7, 11) is 0. The van der Waals surface area contributed by atoms with E-state index in [0.717, 1.165) is 18.2 Å². The number of halogens is 2. The van der Waals surface area contributed by atoms with Crippen LogP contribution in [0.4, 0.5) is 8.78 Å². The van der Waals surface area contributed by atoms with Crippen LogP contribution in [0.5, 0.6) is 0 Å². The monoisotopic (exact) mass is 229 g/mol. The van der Waals surface area contributed by atoms with Crippen molar-refractivity contribution in [1.29, 1.82) is 0 Å². The molecule has 0 saturated carbocycles. The van der Waals surface area contributed by atoms with Crippen LogP contribution in [0.25, 0.3) is 0 Å². The molecule has 16 heavy (non-hydrogen) atoms. The molecule has 90 valence electrons. The van der Waals surface area contributed by atoms with E-state index in [2.05, 4.69) is 5.32 Å². The standard InChI is InChI=1S/C12H17F2NO/c1-3-12(2,8-16)15-7-9-6-10(13)4-5-11(9)14/h4-6,15-16H,3,7-8H2,1-2H3. The minimum Gasteiger partial charge on any atom is -0.394 e. The predicted molar refractivity (Wildman–Crippen MR) is 59.0 cm³/mol. The number of rotatable bonds is 5. The maximum atomic E-state index is 13.3. The van der Waals surface area contributed by atoms with Gasteiger partial charge in [-0.25, -0.2) is 8.78 Å². The lowest BCUT2D eigenvalue weighted by molar-refractivity contribution is 0.168. The minimum atomic E-state index is -0.460. The van der Waals surface area contributed by atoms with E-state index in [0.29, 0.717) is 6.42 Å². The summed E-state index contributed by atoms with van der Waals surface area (Å²) in [5.74, 6) is -0.898. The van der Waals surface area contributed by atoms with Crippen LogP contribution in [0.1, 0.15) is 25.8 Å². The van der Waals surface area contributed by atoms with Crippen molar-refractivity contribution >= 4 is 0 Å². The highest BCUT2D eigenvalue weighted by molar-refractivity contribution is 5.18. The zero-order valence-electron chi connectivity index (χ0n) is 9.56. The molecule has 0 heterocycles. The largest absolute Gasteiger partial charge is 0.394 e. The topological polar surface area (TPSA) is 32.3 Å². The molecule has 0 aliphatic rings. The van der Waals surface area contributed by atoms with Gasteiger partial charge in [-0.1, -0.05) is 6.92 Å². The van der Waals surface area contributed by atoms with Crippen LogP contribution >= 0.6 is 0 Å². The Labute approximate surface area is 94.3 Å². The van der Waals surface area contributed by atoms with Crippen LogP contribution in [0, 0.1) is 11.6 Å². The number of hydrogen-bond acceptors (Lipinski definition) is 2. The third-order valence-corrected chi connectivity index (χ3v) is 2.84. The van der Waals surface area contributed by atoms with E-state index >= 15 is 0 Å². The molecular weight excluding hydrogens is 212 g/mol. The summed E-state index contributed by atoms with van der Waals surface area (Å²) in [6, 6.07) is 3.36. The second-order valence-electron chi connectivity index (χ2n) is 4.16. The number of nitrogens with one attached hydrogen (secondary N) is 1. The van der Waals surface area contributed by atoms with Gasteiger partial charge in [-0.05, 0) is 31.5 Å². The summed E-state index contributed by atoms with van der Waals surface area (Å²) in [6.45, 7) is 3.92. The third-order valence-electron chi connectivity index (χ3n) is 2.84. The maximum absolute atomic E-state index is 13.3. The zero-order chi connectivity index (χ0) is 12.2. The molecule has 0 aliphatic heterocycles. The second kappa shape index (κ2) is 5.37. The predicted octanol–water partition coefficient (Wildman–Crippen LogP) is 2.22. The van der Waals surface area contributed by atoms with Crippen molar-refractivity contribution in [1.82, 2.24) is 5.32 Å². The highest BCUT2D eigenvalue weighted by atomic mass is 19.1. The molecule has 0 spiro atoms. The van der Waals surface area contributed by atoms with Crippen molar-refractivity contribution in [2.24, 2.45) is 0 Å². The number of aliphatic hydroxyl groups is 1. The van der Waals surface area contributed by atoms with Crippen molar-refractivity contribution in [3.63, 3.8) is 0 Å². The molecule has 1 rings (SSSR count). The normalized spacial score (nSPS) is 14.8. The summed E-state index contributed by atoms with van der Waals surface area (Å²) in [5, 5.41) is 12.2. The molecular formula is C12H17F2NO. The van der Waals surface area contributed by atoms with Crippen LogP contribution in [0.15, 0.2) is 18.2 Å². The molecule has 1 aromatic carbocycles. The summed E-state index contributed by atoms with van der Waals surface area (Å²) >= 11 is 0. The SMILES string of the molecule is CCC(C)(CO)NCc1cc(F)ccc1F. The van der Waals surface area contributed by atoms with Gasteiger partial charge in [0.1, 0.15) is 11.6 Å². The van der Waals surface area contributed by atoms with Gasteiger partial charge in [0, 0.05) is 17.6 Å². The Bertz CT molecular complexity index is 351. The van der Waals surface area contributed by atoms with Crippen molar-refractivity contribution in [3.8, 4) is 0 Å². The molecule has 0 saturated heterocycles. The first-order chi connectivity index (χ1) is 7.50. The Morgan fingerprint density at radius 3 is 2.62 bits per heavy atom. The summed E-state index contributed by atoms with van der Waals surface area (Å²) in [5.41, 5.74) is -0.188. The average Bonchev–Trinajstić information content (AvgIpc) is 2.30. The highest BCUT2D eigenvalue weighted by Gasteiger charge is 2.20. The lowest BCUT2D eigenvalue weighted by Gasteiger charge is -2.27. The molecule has 0 aliphatic carbocycles. The Morgan fingerprint density at radius 2 is 2.06 bits per heavy atom. The van der Waals surface area contributed by atoms with Gasteiger partial charge in [0.05, 0.1) is 6.61 Å².